The highest BCUT2D eigenvalue weighted by Crippen LogP contribution is 2.28. The van der Waals surface area contributed by atoms with Gasteiger partial charge >= 0.3 is 0 Å². The number of nitrogen functional groups attached to an aromatic ring is 1. The molecule has 0 amide bonds. The molecule has 1 saturated carbocycles. The number of nitrogens with one attached hydrogen (secondary N) is 1. The van der Waals surface area contributed by atoms with E-state index < -0.39 is 0 Å². The van der Waals surface area contributed by atoms with Crippen LogP contribution < -0.4 is 11.1 Å². The first-order valence-corrected chi connectivity index (χ1v) is 6.20. The maximum atomic E-state index is 5.76. The van der Waals surface area contributed by atoms with Crippen LogP contribution in [0.15, 0.2) is 23.6 Å². The molecule has 1 aliphatic carbocycles. The van der Waals surface area contributed by atoms with Crippen molar-refractivity contribution in [3.63, 3.8) is 0 Å². The minimum absolute atomic E-state index is 0.772. The van der Waals surface area contributed by atoms with Gasteiger partial charge in [0, 0.05) is 23.0 Å². The van der Waals surface area contributed by atoms with Crippen LogP contribution in [0.1, 0.15) is 18.4 Å². The number of anilines is 1. The highest BCUT2D eigenvalue weighted by atomic mass is 32.1. The molecule has 0 spiro atoms. The first kappa shape index (κ1) is 9.19. The molecule has 2 aromatic rings. The van der Waals surface area contributed by atoms with Gasteiger partial charge in [0.15, 0.2) is 0 Å². The van der Waals surface area contributed by atoms with Gasteiger partial charge in [0.1, 0.15) is 0 Å². The predicted octanol–water partition coefficient (Wildman–Crippen LogP) is 2.74. The molecule has 0 saturated heterocycles. The first-order chi connectivity index (χ1) is 7.33. The van der Waals surface area contributed by atoms with E-state index in [1.54, 1.807) is 11.3 Å². The second-order valence-electron chi connectivity index (χ2n) is 4.17. The number of benzene rings is 1. The number of hydrogen-bond donors (Lipinski definition) is 2. The van der Waals surface area contributed by atoms with E-state index in [1.807, 2.05) is 6.07 Å². The third-order valence-corrected chi connectivity index (χ3v) is 3.83. The molecule has 2 nitrogen and oxygen atoms in total. The molecular weight excluding hydrogens is 204 g/mol. The van der Waals surface area contributed by atoms with E-state index in [0.717, 1.165) is 18.3 Å². The van der Waals surface area contributed by atoms with Gasteiger partial charge in [0.25, 0.3) is 0 Å². The van der Waals surface area contributed by atoms with Crippen LogP contribution in [0.2, 0.25) is 0 Å². The highest BCUT2D eigenvalue weighted by molar-refractivity contribution is 7.17. The van der Waals surface area contributed by atoms with Crippen molar-refractivity contribution in [3.8, 4) is 0 Å². The van der Waals surface area contributed by atoms with E-state index >= 15 is 0 Å². The summed E-state index contributed by atoms with van der Waals surface area (Å²) in [4.78, 5) is 0. The Morgan fingerprint density at radius 2 is 2.27 bits per heavy atom. The van der Waals surface area contributed by atoms with E-state index in [9.17, 15) is 0 Å². The normalized spacial score (nSPS) is 16.0. The lowest BCUT2D eigenvalue weighted by Gasteiger charge is -2.01. The average Bonchev–Trinajstić information content (AvgIpc) is 2.97. The monoisotopic (exact) mass is 218 g/mol. The Balaban J connectivity index is 1.89. The lowest BCUT2D eigenvalue weighted by atomic mass is 10.1. The highest BCUT2D eigenvalue weighted by Gasteiger charge is 2.20. The van der Waals surface area contributed by atoms with Crippen molar-refractivity contribution in [2.75, 3.05) is 5.73 Å². The van der Waals surface area contributed by atoms with Gasteiger partial charge in [-0.15, -0.1) is 11.3 Å². The van der Waals surface area contributed by atoms with E-state index in [0.29, 0.717) is 0 Å². The standard InChI is InChI=1S/C12H14N2S/c13-9-1-4-11-8(6-14-10-2-3-10)7-15-12(11)5-9/h1,4-5,7,10,14H,2-3,6,13H2. The molecule has 1 aromatic heterocycles. The minimum Gasteiger partial charge on any atom is -0.399 e. The molecule has 1 fully saturated rings. The Hall–Kier alpha value is -1.06. The third kappa shape index (κ3) is 1.85. The van der Waals surface area contributed by atoms with E-state index in [1.165, 1.54) is 28.5 Å². The quantitative estimate of drug-likeness (QED) is 0.777. The Bertz CT molecular complexity index is 485. The maximum absolute atomic E-state index is 5.76. The van der Waals surface area contributed by atoms with E-state index in [-0.39, 0.29) is 0 Å². The van der Waals surface area contributed by atoms with Crippen molar-refractivity contribution in [1.29, 1.82) is 0 Å². The van der Waals surface area contributed by atoms with Gasteiger partial charge in [-0.2, -0.15) is 0 Å². The van der Waals surface area contributed by atoms with Crippen molar-refractivity contribution in [1.82, 2.24) is 5.32 Å². The molecule has 0 unspecified atom stereocenters. The second kappa shape index (κ2) is 3.51. The summed E-state index contributed by atoms with van der Waals surface area (Å²) in [5.41, 5.74) is 8.01. The third-order valence-electron chi connectivity index (χ3n) is 2.84. The Labute approximate surface area is 93.1 Å². The van der Waals surface area contributed by atoms with E-state index in [2.05, 4.69) is 22.8 Å². The summed E-state index contributed by atoms with van der Waals surface area (Å²) in [5, 5.41) is 7.13. The summed E-state index contributed by atoms with van der Waals surface area (Å²) in [7, 11) is 0. The summed E-state index contributed by atoms with van der Waals surface area (Å²) >= 11 is 1.78. The van der Waals surface area contributed by atoms with E-state index in [4.69, 9.17) is 5.73 Å². The zero-order valence-corrected chi connectivity index (χ0v) is 9.31. The molecule has 1 heterocycles. The summed E-state index contributed by atoms with van der Waals surface area (Å²) < 4.78 is 1.29. The fraction of sp³-hybridized carbons (Fsp3) is 0.333. The van der Waals surface area contributed by atoms with Crippen LogP contribution in [0.4, 0.5) is 5.69 Å². The molecule has 3 N–H and O–H groups in total. The summed E-state index contributed by atoms with van der Waals surface area (Å²) in [6, 6.07) is 6.94. The van der Waals surface area contributed by atoms with Crippen LogP contribution in [0, 0.1) is 0 Å². The topological polar surface area (TPSA) is 38.0 Å². The number of rotatable bonds is 3. The Morgan fingerprint density at radius 1 is 1.40 bits per heavy atom. The molecule has 1 aliphatic rings. The van der Waals surface area contributed by atoms with Crippen molar-refractivity contribution in [2.24, 2.45) is 0 Å². The van der Waals surface area contributed by atoms with Crippen molar-refractivity contribution in [2.45, 2.75) is 25.4 Å². The molecule has 3 rings (SSSR count). The van der Waals surface area contributed by atoms with Crippen molar-refractivity contribution >= 4 is 27.1 Å². The van der Waals surface area contributed by atoms with Gasteiger partial charge in [0.05, 0.1) is 0 Å². The van der Waals surface area contributed by atoms with Gasteiger partial charge in [-0.05, 0) is 41.3 Å². The molecule has 78 valence electrons. The van der Waals surface area contributed by atoms with Crippen molar-refractivity contribution in [3.05, 3.63) is 29.1 Å². The number of nitrogens with two attached hydrogens (primary N) is 1. The second-order valence-corrected chi connectivity index (χ2v) is 5.08. The largest absolute Gasteiger partial charge is 0.399 e. The molecule has 15 heavy (non-hydrogen) atoms. The minimum atomic E-state index is 0.772. The maximum Gasteiger partial charge on any atom is 0.0366 e. The van der Waals surface area contributed by atoms with Crippen LogP contribution in [-0.2, 0) is 6.54 Å². The predicted molar refractivity (Wildman–Crippen MR) is 66.1 cm³/mol. The van der Waals surface area contributed by atoms with Gasteiger partial charge in [0.2, 0.25) is 0 Å². The Kier molecular flexibility index (Phi) is 2.15. The SMILES string of the molecule is Nc1ccc2c(CNC3CC3)csc2c1. The van der Waals surface area contributed by atoms with Crippen LogP contribution in [-0.4, -0.2) is 6.04 Å². The zero-order valence-electron chi connectivity index (χ0n) is 8.49. The Morgan fingerprint density at radius 3 is 3.07 bits per heavy atom. The van der Waals surface area contributed by atoms with Gasteiger partial charge < -0.3 is 11.1 Å². The lowest BCUT2D eigenvalue weighted by Crippen LogP contribution is -2.14. The lowest BCUT2D eigenvalue weighted by molar-refractivity contribution is 0.692. The summed E-state index contributed by atoms with van der Waals surface area (Å²) in [5.74, 6) is 0. The van der Waals surface area contributed by atoms with Gasteiger partial charge in [-0.1, -0.05) is 6.07 Å². The number of thiophene rings is 1. The van der Waals surface area contributed by atoms with Crippen LogP contribution >= 0.6 is 11.3 Å². The molecule has 0 aliphatic heterocycles. The summed E-state index contributed by atoms with van der Waals surface area (Å²) in [6.07, 6.45) is 2.68. The molecule has 1 aromatic carbocycles. The average molecular weight is 218 g/mol. The molecular formula is C12H14N2S. The zero-order chi connectivity index (χ0) is 10.3. The smallest absolute Gasteiger partial charge is 0.0366 e. The van der Waals surface area contributed by atoms with Gasteiger partial charge in [-0.3, -0.25) is 0 Å². The molecule has 0 radical (unpaired) electrons. The molecule has 0 bridgehead atoms. The fourth-order valence-corrected chi connectivity index (χ4v) is 2.79. The number of hydrogen-bond acceptors (Lipinski definition) is 3. The van der Waals surface area contributed by atoms with Crippen LogP contribution in [0.3, 0.4) is 0 Å². The molecule has 3 heteroatoms. The first-order valence-electron chi connectivity index (χ1n) is 5.32. The summed E-state index contributed by atoms with van der Waals surface area (Å²) in [6.45, 7) is 0.995. The van der Waals surface area contributed by atoms with Gasteiger partial charge in [-0.25, -0.2) is 0 Å². The fourth-order valence-electron chi connectivity index (χ4n) is 1.78. The van der Waals surface area contributed by atoms with Crippen LogP contribution in [0.25, 0.3) is 10.1 Å². The van der Waals surface area contributed by atoms with Crippen molar-refractivity contribution < 1.29 is 0 Å². The number of fused-ring (bicyclic) bond motifs is 1. The molecule has 0 atom stereocenters. The van der Waals surface area contributed by atoms with Crippen LogP contribution in [0.5, 0.6) is 0 Å².